The standard InChI is InChI=1S/C28H41N5O4/c1-7-37-18-23-30-22-17-29-21-14-11-10-13-20(21)25(22)32(23)19-28(5,6)31-24(34)15-9-8-12-16-33(26(35)36)27(2,3)4/h10-11,13-14,17H,7-9,12,15-16,18-19H2,1-6H3,(H,31,34)(H,35,36). The van der Waals surface area contributed by atoms with Crippen LogP contribution in [0.5, 0.6) is 0 Å². The molecule has 2 N–H and O–H groups in total. The van der Waals surface area contributed by atoms with E-state index in [0.29, 0.717) is 39.1 Å². The van der Waals surface area contributed by atoms with Gasteiger partial charge >= 0.3 is 6.09 Å². The summed E-state index contributed by atoms with van der Waals surface area (Å²) >= 11 is 0. The van der Waals surface area contributed by atoms with Gasteiger partial charge < -0.3 is 24.6 Å². The van der Waals surface area contributed by atoms with Crippen LogP contribution >= 0.6 is 0 Å². The van der Waals surface area contributed by atoms with Crippen molar-refractivity contribution in [2.45, 2.75) is 91.5 Å². The number of rotatable bonds is 12. The van der Waals surface area contributed by atoms with Gasteiger partial charge in [-0.1, -0.05) is 24.6 Å². The van der Waals surface area contributed by atoms with Crippen molar-refractivity contribution >= 4 is 33.9 Å². The molecule has 0 aliphatic carbocycles. The Hall–Kier alpha value is -3.20. The molecule has 0 aliphatic heterocycles. The van der Waals surface area contributed by atoms with Crippen LogP contribution in [0.1, 0.15) is 73.1 Å². The number of nitrogens with zero attached hydrogens (tertiary/aromatic N) is 4. The number of pyridine rings is 1. The number of benzene rings is 1. The topological polar surface area (TPSA) is 110 Å². The molecule has 9 heteroatoms. The Morgan fingerprint density at radius 3 is 2.49 bits per heavy atom. The van der Waals surface area contributed by atoms with E-state index in [1.54, 1.807) is 6.20 Å². The molecule has 2 heterocycles. The predicted octanol–water partition coefficient (Wildman–Crippen LogP) is 5.35. The molecule has 0 spiro atoms. The van der Waals surface area contributed by atoms with E-state index in [1.807, 2.05) is 65.8 Å². The van der Waals surface area contributed by atoms with Gasteiger partial charge in [0.05, 0.1) is 22.8 Å². The van der Waals surface area contributed by atoms with Crippen LogP contribution in [0.25, 0.3) is 21.9 Å². The number of carboxylic acid groups (broad SMARTS) is 1. The maximum atomic E-state index is 12.8. The highest BCUT2D eigenvalue weighted by Crippen LogP contribution is 2.27. The van der Waals surface area contributed by atoms with E-state index in [1.165, 1.54) is 4.90 Å². The molecule has 0 fully saturated rings. The monoisotopic (exact) mass is 511 g/mol. The summed E-state index contributed by atoms with van der Waals surface area (Å²) in [6, 6.07) is 7.99. The van der Waals surface area contributed by atoms with Crippen molar-refractivity contribution in [3.05, 3.63) is 36.3 Å². The van der Waals surface area contributed by atoms with Gasteiger partial charge in [-0.05, 0) is 60.5 Å². The first kappa shape index (κ1) is 28.4. The molecule has 0 unspecified atom stereocenters. The number of hydrogen-bond donors (Lipinski definition) is 2. The number of fused-ring (bicyclic) bond motifs is 3. The van der Waals surface area contributed by atoms with Crippen LogP contribution in [-0.4, -0.2) is 60.8 Å². The van der Waals surface area contributed by atoms with Crippen LogP contribution in [0.15, 0.2) is 30.5 Å². The number of ether oxygens (including phenoxy) is 1. The summed E-state index contributed by atoms with van der Waals surface area (Å²) in [4.78, 5) is 35.1. The van der Waals surface area contributed by atoms with Crippen molar-refractivity contribution in [2.75, 3.05) is 13.2 Å². The lowest BCUT2D eigenvalue weighted by Crippen LogP contribution is -2.46. The Labute approximate surface area is 219 Å². The molecule has 3 aromatic rings. The first-order chi connectivity index (χ1) is 17.4. The summed E-state index contributed by atoms with van der Waals surface area (Å²) in [5, 5.41) is 13.6. The van der Waals surface area contributed by atoms with E-state index in [-0.39, 0.29) is 5.91 Å². The number of para-hydroxylation sites is 1. The van der Waals surface area contributed by atoms with Gasteiger partial charge in [-0.15, -0.1) is 0 Å². The Kier molecular flexibility index (Phi) is 9.12. The lowest BCUT2D eigenvalue weighted by Gasteiger charge is -2.33. The third kappa shape index (κ3) is 7.41. The van der Waals surface area contributed by atoms with Crippen LogP contribution in [0.2, 0.25) is 0 Å². The predicted molar refractivity (Wildman–Crippen MR) is 146 cm³/mol. The molecular formula is C28H41N5O4. The van der Waals surface area contributed by atoms with Gasteiger partial charge in [0.1, 0.15) is 17.9 Å². The van der Waals surface area contributed by atoms with E-state index in [9.17, 15) is 14.7 Å². The summed E-state index contributed by atoms with van der Waals surface area (Å²) in [6.07, 6.45) is 3.50. The molecule has 1 aromatic carbocycles. The molecule has 37 heavy (non-hydrogen) atoms. The molecular weight excluding hydrogens is 470 g/mol. The largest absolute Gasteiger partial charge is 0.465 e. The molecule has 2 amide bonds. The van der Waals surface area contributed by atoms with Gasteiger partial charge in [-0.3, -0.25) is 9.78 Å². The summed E-state index contributed by atoms with van der Waals surface area (Å²) in [6.45, 7) is 13.6. The Morgan fingerprint density at radius 1 is 1.08 bits per heavy atom. The van der Waals surface area contributed by atoms with Crippen LogP contribution in [-0.2, 0) is 22.7 Å². The number of hydrogen-bond acceptors (Lipinski definition) is 5. The van der Waals surface area contributed by atoms with Gasteiger partial charge in [0.25, 0.3) is 0 Å². The minimum atomic E-state index is -0.911. The summed E-state index contributed by atoms with van der Waals surface area (Å²) in [5.41, 5.74) is 1.73. The molecule has 0 saturated carbocycles. The van der Waals surface area contributed by atoms with Gasteiger partial charge in [0.2, 0.25) is 5.91 Å². The van der Waals surface area contributed by atoms with E-state index in [0.717, 1.165) is 40.6 Å². The molecule has 0 aliphatic rings. The molecule has 0 atom stereocenters. The minimum absolute atomic E-state index is 0.0155. The van der Waals surface area contributed by atoms with E-state index >= 15 is 0 Å². The third-order valence-electron chi connectivity index (χ3n) is 6.35. The smallest absolute Gasteiger partial charge is 0.407 e. The highest BCUT2D eigenvalue weighted by atomic mass is 16.5. The maximum Gasteiger partial charge on any atom is 0.407 e. The Morgan fingerprint density at radius 2 is 1.81 bits per heavy atom. The molecule has 3 rings (SSSR count). The fourth-order valence-corrected chi connectivity index (χ4v) is 4.61. The number of carbonyl (C=O) groups excluding carboxylic acids is 1. The van der Waals surface area contributed by atoms with Gasteiger partial charge in [0, 0.05) is 37.0 Å². The SMILES string of the molecule is CCOCc1nc2cnc3ccccc3c2n1CC(C)(C)NC(=O)CCCCCN(C(=O)O)C(C)(C)C. The van der Waals surface area contributed by atoms with Gasteiger partial charge in [-0.25, -0.2) is 9.78 Å². The summed E-state index contributed by atoms with van der Waals surface area (Å²) < 4.78 is 7.84. The number of amides is 2. The number of nitrogens with one attached hydrogen (secondary N) is 1. The maximum absolute atomic E-state index is 12.8. The van der Waals surface area contributed by atoms with Crippen molar-refractivity contribution < 1.29 is 19.4 Å². The first-order valence-corrected chi connectivity index (χ1v) is 13.0. The molecule has 202 valence electrons. The van der Waals surface area contributed by atoms with Crippen molar-refractivity contribution in [1.29, 1.82) is 0 Å². The second-order valence-corrected chi connectivity index (χ2v) is 11.1. The van der Waals surface area contributed by atoms with E-state index in [4.69, 9.17) is 9.72 Å². The first-order valence-electron chi connectivity index (χ1n) is 13.0. The third-order valence-corrected chi connectivity index (χ3v) is 6.35. The number of aromatic nitrogens is 3. The Bertz CT molecular complexity index is 1230. The van der Waals surface area contributed by atoms with Gasteiger partial charge in [-0.2, -0.15) is 0 Å². The normalized spacial score (nSPS) is 12.3. The number of unbranched alkanes of at least 4 members (excludes halogenated alkanes) is 2. The summed E-state index contributed by atoms with van der Waals surface area (Å²) in [5.74, 6) is 0.789. The molecule has 2 aromatic heterocycles. The quantitative estimate of drug-likeness (QED) is 0.317. The number of carbonyl (C=O) groups is 2. The fourth-order valence-electron chi connectivity index (χ4n) is 4.61. The van der Waals surface area contributed by atoms with Crippen LogP contribution in [0, 0.1) is 0 Å². The summed E-state index contributed by atoms with van der Waals surface area (Å²) in [7, 11) is 0. The van der Waals surface area contributed by atoms with Gasteiger partial charge in [0.15, 0.2) is 0 Å². The van der Waals surface area contributed by atoms with Crippen molar-refractivity contribution in [1.82, 2.24) is 24.8 Å². The molecule has 0 saturated heterocycles. The lowest BCUT2D eigenvalue weighted by atomic mass is 10.0. The molecule has 0 bridgehead atoms. The average molecular weight is 512 g/mol. The van der Waals surface area contributed by atoms with Crippen molar-refractivity contribution in [3.8, 4) is 0 Å². The second kappa shape index (κ2) is 11.9. The lowest BCUT2D eigenvalue weighted by molar-refractivity contribution is -0.122. The average Bonchev–Trinajstić information content (AvgIpc) is 3.15. The minimum Gasteiger partial charge on any atom is -0.465 e. The van der Waals surface area contributed by atoms with Crippen LogP contribution in [0.3, 0.4) is 0 Å². The van der Waals surface area contributed by atoms with Crippen molar-refractivity contribution in [2.24, 2.45) is 0 Å². The van der Waals surface area contributed by atoms with E-state index in [2.05, 4.69) is 14.9 Å². The Balaban J connectivity index is 1.65. The fraction of sp³-hybridized carbons (Fsp3) is 0.571. The second-order valence-electron chi connectivity index (χ2n) is 11.1. The van der Waals surface area contributed by atoms with E-state index < -0.39 is 17.2 Å². The highest BCUT2D eigenvalue weighted by Gasteiger charge is 2.26. The van der Waals surface area contributed by atoms with Crippen LogP contribution in [0.4, 0.5) is 4.79 Å². The molecule has 0 radical (unpaired) electrons. The molecule has 9 nitrogen and oxygen atoms in total. The zero-order valence-corrected chi connectivity index (χ0v) is 23.0. The van der Waals surface area contributed by atoms with Crippen LogP contribution < -0.4 is 5.32 Å². The zero-order chi connectivity index (χ0) is 27.2. The number of imidazole rings is 1. The highest BCUT2D eigenvalue weighted by molar-refractivity contribution is 6.02. The zero-order valence-electron chi connectivity index (χ0n) is 23.0. The van der Waals surface area contributed by atoms with Crippen molar-refractivity contribution in [3.63, 3.8) is 0 Å².